The molecule has 1 aliphatic carbocycles. The van der Waals surface area contributed by atoms with Crippen LogP contribution in [0.25, 0.3) is 0 Å². The number of anilines is 1. The summed E-state index contributed by atoms with van der Waals surface area (Å²) in [5.41, 5.74) is 2.71. The van der Waals surface area contributed by atoms with E-state index in [1.165, 1.54) is 24.1 Å². The Kier molecular flexibility index (Phi) is 2.96. The molecule has 82 valence electrons. The highest BCUT2D eigenvalue weighted by Crippen LogP contribution is 2.41. The van der Waals surface area contributed by atoms with Gasteiger partial charge < -0.3 is 10.2 Å². The molecule has 1 aromatic rings. The number of hydrogen-bond acceptors (Lipinski definition) is 2. The van der Waals surface area contributed by atoms with Crippen LogP contribution >= 0.6 is 0 Å². The van der Waals surface area contributed by atoms with Crippen LogP contribution in [0.2, 0.25) is 0 Å². The van der Waals surface area contributed by atoms with Gasteiger partial charge in [-0.1, -0.05) is 12.1 Å². The molecule has 0 aromatic heterocycles. The summed E-state index contributed by atoms with van der Waals surface area (Å²) >= 11 is 0. The average molecular weight is 204 g/mol. The normalized spacial score (nSPS) is 17.5. The predicted molar refractivity (Wildman–Crippen MR) is 65.3 cm³/mol. The van der Waals surface area contributed by atoms with E-state index >= 15 is 0 Å². The minimum atomic E-state index is 0.546. The van der Waals surface area contributed by atoms with E-state index in [9.17, 15) is 0 Å². The highest BCUT2D eigenvalue weighted by molar-refractivity contribution is 5.48. The fourth-order valence-corrected chi connectivity index (χ4v) is 2.10. The Bertz CT molecular complexity index is 329. The highest BCUT2D eigenvalue weighted by Gasteiger charge is 2.31. The molecule has 0 saturated heterocycles. The Morgan fingerprint density at radius 1 is 1.33 bits per heavy atom. The van der Waals surface area contributed by atoms with Crippen molar-refractivity contribution in [3.05, 3.63) is 29.8 Å². The van der Waals surface area contributed by atoms with Gasteiger partial charge in [-0.25, -0.2) is 0 Å². The molecule has 1 saturated carbocycles. The Morgan fingerprint density at radius 2 is 2.07 bits per heavy atom. The van der Waals surface area contributed by atoms with Gasteiger partial charge in [-0.05, 0) is 43.5 Å². The highest BCUT2D eigenvalue weighted by atomic mass is 15.1. The zero-order chi connectivity index (χ0) is 10.8. The van der Waals surface area contributed by atoms with Crippen molar-refractivity contribution >= 4 is 5.69 Å². The fraction of sp³-hybridized carbons (Fsp3) is 0.538. The summed E-state index contributed by atoms with van der Waals surface area (Å²) < 4.78 is 0. The maximum atomic E-state index is 3.43. The Hall–Kier alpha value is -1.02. The molecule has 1 atom stereocenters. The summed E-state index contributed by atoms with van der Waals surface area (Å²) in [5.74, 6) is 0.854. The second kappa shape index (κ2) is 4.23. The molecule has 1 fully saturated rings. The van der Waals surface area contributed by atoms with E-state index in [1.807, 2.05) is 0 Å². The molecule has 1 aromatic carbocycles. The minimum Gasteiger partial charge on any atom is -0.378 e. The third-order valence-electron chi connectivity index (χ3n) is 3.15. The van der Waals surface area contributed by atoms with Crippen LogP contribution in [0, 0.1) is 5.92 Å². The number of benzene rings is 1. The molecular weight excluding hydrogens is 184 g/mol. The first-order valence-electron chi connectivity index (χ1n) is 5.67. The van der Waals surface area contributed by atoms with E-state index in [4.69, 9.17) is 0 Å². The van der Waals surface area contributed by atoms with Crippen molar-refractivity contribution in [3.63, 3.8) is 0 Å². The zero-order valence-electron chi connectivity index (χ0n) is 9.83. The van der Waals surface area contributed by atoms with Crippen LogP contribution in [0.3, 0.4) is 0 Å². The molecule has 2 nitrogen and oxygen atoms in total. The standard InChI is InChI=1S/C13H20N2/c1-14-13(10-7-8-10)11-5-4-6-12(9-11)15(2)3/h4-6,9-10,13-14H,7-8H2,1-3H3. The van der Waals surface area contributed by atoms with E-state index in [2.05, 4.69) is 55.6 Å². The molecule has 0 heterocycles. The second-order valence-corrected chi connectivity index (χ2v) is 4.59. The molecule has 0 spiro atoms. The van der Waals surface area contributed by atoms with Crippen molar-refractivity contribution in [1.82, 2.24) is 5.32 Å². The van der Waals surface area contributed by atoms with Gasteiger partial charge in [-0.3, -0.25) is 0 Å². The molecule has 1 unspecified atom stereocenters. The van der Waals surface area contributed by atoms with Gasteiger partial charge in [0.05, 0.1) is 0 Å². The molecule has 0 aliphatic heterocycles. The predicted octanol–water partition coefficient (Wildman–Crippen LogP) is 2.42. The number of nitrogens with zero attached hydrogens (tertiary/aromatic N) is 1. The molecule has 15 heavy (non-hydrogen) atoms. The van der Waals surface area contributed by atoms with Gasteiger partial charge in [0.15, 0.2) is 0 Å². The first-order chi connectivity index (χ1) is 7.22. The molecular formula is C13H20N2. The first kappa shape index (κ1) is 10.5. The quantitative estimate of drug-likeness (QED) is 0.810. The van der Waals surface area contributed by atoms with Gasteiger partial charge >= 0.3 is 0 Å². The van der Waals surface area contributed by atoms with Gasteiger partial charge in [-0.15, -0.1) is 0 Å². The molecule has 0 radical (unpaired) electrons. The third-order valence-corrected chi connectivity index (χ3v) is 3.15. The van der Waals surface area contributed by atoms with Crippen molar-refractivity contribution in [2.24, 2.45) is 5.92 Å². The second-order valence-electron chi connectivity index (χ2n) is 4.59. The smallest absolute Gasteiger partial charge is 0.0364 e. The van der Waals surface area contributed by atoms with E-state index in [0.717, 1.165) is 5.92 Å². The Balaban J connectivity index is 2.22. The van der Waals surface area contributed by atoms with Gasteiger partial charge in [0.25, 0.3) is 0 Å². The van der Waals surface area contributed by atoms with Crippen molar-refractivity contribution in [1.29, 1.82) is 0 Å². The van der Waals surface area contributed by atoms with Crippen LogP contribution < -0.4 is 10.2 Å². The van der Waals surface area contributed by atoms with Crippen LogP contribution in [0.15, 0.2) is 24.3 Å². The first-order valence-corrected chi connectivity index (χ1v) is 5.67. The molecule has 0 amide bonds. The van der Waals surface area contributed by atoms with Crippen LogP contribution in [0.4, 0.5) is 5.69 Å². The number of rotatable bonds is 4. The number of hydrogen-bond donors (Lipinski definition) is 1. The molecule has 2 heteroatoms. The molecule has 1 N–H and O–H groups in total. The monoisotopic (exact) mass is 204 g/mol. The lowest BCUT2D eigenvalue weighted by molar-refractivity contribution is 0.529. The lowest BCUT2D eigenvalue weighted by atomic mass is 10.0. The van der Waals surface area contributed by atoms with Gasteiger partial charge in [-0.2, -0.15) is 0 Å². The van der Waals surface area contributed by atoms with Crippen LogP contribution in [-0.2, 0) is 0 Å². The fourth-order valence-electron chi connectivity index (χ4n) is 2.10. The van der Waals surface area contributed by atoms with Crippen molar-refractivity contribution < 1.29 is 0 Å². The summed E-state index contributed by atoms with van der Waals surface area (Å²) in [6, 6.07) is 9.37. The summed E-state index contributed by atoms with van der Waals surface area (Å²) in [6.07, 6.45) is 2.75. The minimum absolute atomic E-state index is 0.546. The molecule has 0 bridgehead atoms. The lowest BCUT2D eigenvalue weighted by Gasteiger charge is -2.19. The van der Waals surface area contributed by atoms with Crippen molar-refractivity contribution in [2.45, 2.75) is 18.9 Å². The summed E-state index contributed by atoms with van der Waals surface area (Å²) in [7, 11) is 6.24. The van der Waals surface area contributed by atoms with Crippen LogP contribution in [-0.4, -0.2) is 21.1 Å². The lowest BCUT2D eigenvalue weighted by Crippen LogP contribution is -2.19. The molecule has 1 aliphatic rings. The summed E-state index contributed by atoms with van der Waals surface area (Å²) in [6.45, 7) is 0. The van der Waals surface area contributed by atoms with E-state index in [0.29, 0.717) is 6.04 Å². The van der Waals surface area contributed by atoms with Crippen molar-refractivity contribution in [3.8, 4) is 0 Å². The topological polar surface area (TPSA) is 15.3 Å². The van der Waals surface area contributed by atoms with E-state index in [-0.39, 0.29) is 0 Å². The summed E-state index contributed by atoms with van der Waals surface area (Å²) in [4.78, 5) is 2.16. The summed E-state index contributed by atoms with van der Waals surface area (Å²) in [5, 5.41) is 3.43. The maximum absolute atomic E-state index is 3.43. The van der Waals surface area contributed by atoms with Crippen LogP contribution in [0.1, 0.15) is 24.4 Å². The van der Waals surface area contributed by atoms with Crippen LogP contribution in [0.5, 0.6) is 0 Å². The maximum Gasteiger partial charge on any atom is 0.0364 e. The Labute approximate surface area is 92.3 Å². The average Bonchev–Trinajstić information content (AvgIpc) is 3.04. The zero-order valence-corrected chi connectivity index (χ0v) is 9.83. The molecule has 2 rings (SSSR count). The van der Waals surface area contributed by atoms with Crippen molar-refractivity contribution in [2.75, 3.05) is 26.0 Å². The third kappa shape index (κ3) is 2.32. The Morgan fingerprint density at radius 3 is 2.60 bits per heavy atom. The van der Waals surface area contributed by atoms with Gasteiger partial charge in [0.1, 0.15) is 0 Å². The van der Waals surface area contributed by atoms with Gasteiger partial charge in [0.2, 0.25) is 0 Å². The SMILES string of the molecule is CNC(c1cccc(N(C)C)c1)C1CC1. The van der Waals surface area contributed by atoms with E-state index < -0.39 is 0 Å². The largest absolute Gasteiger partial charge is 0.378 e. The van der Waals surface area contributed by atoms with Gasteiger partial charge in [0, 0.05) is 25.8 Å². The van der Waals surface area contributed by atoms with E-state index in [1.54, 1.807) is 0 Å². The number of nitrogens with one attached hydrogen (secondary N) is 1.